The van der Waals surface area contributed by atoms with Crippen molar-refractivity contribution in [1.82, 2.24) is 5.32 Å². The zero-order chi connectivity index (χ0) is 17.7. The number of nitrogens with one attached hydrogen (secondary N) is 1. The van der Waals surface area contributed by atoms with E-state index in [2.05, 4.69) is 5.32 Å². The first-order valence-corrected chi connectivity index (χ1v) is 6.93. The zero-order valence-electron chi connectivity index (χ0n) is 12.4. The maximum atomic E-state index is 12.1. The molecule has 1 amide bonds. The highest BCUT2D eigenvalue weighted by Gasteiger charge is 2.17. The largest absolute Gasteiger partial charge is 0.478 e. The molecule has 2 aromatic carbocycles. The van der Waals surface area contributed by atoms with Crippen LogP contribution in [0.3, 0.4) is 0 Å². The normalized spacial score (nSPS) is 11.5. The number of aromatic carboxylic acids is 1. The summed E-state index contributed by atoms with van der Waals surface area (Å²) >= 11 is 0. The number of nitrogens with zero attached hydrogens (tertiary/aromatic N) is 1. The molecule has 0 aliphatic heterocycles. The van der Waals surface area contributed by atoms with Crippen molar-refractivity contribution in [2.75, 3.05) is 6.54 Å². The molecule has 2 rings (SSSR count). The molecule has 0 heterocycles. The SMILES string of the molecule is O=C(O)c1ccccc1C(=O)NCC(O)c1ccc([N+](=O)[O-])cc1. The Hall–Kier alpha value is -3.26. The molecule has 0 saturated heterocycles. The number of non-ortho nitro benzene ring substituents is 1. The van der Waals surface area contributed by atoms with E-state index in [1.54, 1.807) is 0 Å². The number of nitro benzene ring substituents is 1. The number of carbonyl (C=O) groups excluding carboxylic acids is 1. The Balaban J connectivity index is 2.03. The Kier molecular flexibility index (Phi) is 5.23. The van der Waals surface area contributed by atoms with Gasteiger partial charge in [0.1, 0.15) is 0 Å². The van der Waals surface area contributed by atoms with E-state index in [0.29, 0.717) is 5.56 Å². The second-order valence-electron chi connectivity index (χ2n) is 4.93. The average molecular weight is 330 g/mol. The van der Waals surface area contributed by atoms with E-state index in [9.17, 15) is 24.8 Å². The summed E-state index contributed by atoms with van der Waals surface area (Å²) in [5.41, 5.74) is 0.138. The molecule has 1 atom stereocenters. The van der Waals surface area contributed by atoms with E-state index in [4.69, 9.17) is 5.11 Å². The van der Waals surface area contributed by atoms with Gasteiger partial charge in [-0.15, -0.1) is 0 Å². The van der Waals surface area contributed by atoms with Crippen molar-refractivity contribution in [2.45, 2.75) is 6.10 Å². The average Bonchev–Trinajstić information content (AvgIpc) is 2.59. The first-order valence-electron chi connectivity index (χ1n) is 6.93. The van der Waals surface area contributed by atoms with Crippen molar-refractivity contribution < 1.29 is 24.7 Å². The lowest BCUT2D eigenvalue weighted by Gasteiger charge is -2.13. The number of hydrogen-bond donors (Lipinski definition) is 3. The van der Waals surface area contributed by atoms with Crippen molar-refractivity contribution in [3.05, 3.63) is 75.3 Å². The van der Waals surface area contributed by atoms with Crippen molar-refractivity contribution in [3.63, 3.8) is 0 Å². The molecule has 0 aliphatic rings. The van der Waals surface area contributed by atoms with Crippen LogP contribution in [-0.4, -0.2) is 33.6 Å². The molecule has 124 valence electrons. The molecule has 8 heteroatoms. The van der Waals surface area contributed by atoms with E-state index >= 15 is 0 Å². The smallest absolute Gasteiger partial charge is 0.336 e. The second kappa shape index (κ2) is 7.34. The van der Waals surface area contributed by atoms with Gasteiger partial charge in [-0.25, -0.2) is 4.79 Å². The maximum absolute atomic E-state index is 12.1. The summed E-state index contributed by atoms with van der Waals surface area (Å²) < 4.78 is 0. The topological polar surface area (TPSA) is 130 Å². The van der Waals surface area contributed by atoms with Crippen LogP contribution in [0.1, 0.15) is 32.4 Å². The van der Waals surface area contributed by atoms with Crippen molar-refractivity contribution in [3.8, 4) is 0 Å². The van der Waals surface area contributed by atoms with Crippen molar-refractivity contribution in [1.29, 1.82) is 0 Å². The summed E-state index contributed by atoms with van der Waals surface area (Å²) in [6, 6.07) is 11.0. The Bertz CT molecular complexity index is 772. The number of carboxylic acids is 1. The van der Waals surface area contributed by atoms with Gasteiger partial charge in [-0.1, -0.05) is 12.1 Å². The molecule has 3 N–H and O–H groups in total. The fraction of sp³-hybridized carbons (Fsp3) is 0.125. The van der Waals surface area contributed by atoms with Crippen LogP contribution in [0.4, 0.5) is 5.69 Å². The number of carbonyl (C=O) groups is 2. The molecule has 0 bridgehead atoms. The number of rotatable bonds is 6. The molecule has 0 fully saturated rings. The number of aliphatic hydroxyl groups excluding tert-OH is 1. The molecule has 8 nitrogen and oxygen atoms in total. The third kappa shape index (κ3) is 3.93. The van der Waals surface area contributed by atoms with Gasteiger partial charge in [-0.3, -0.25) is 14.9 Å². The van der Waals surface area contributed by atoms with Gasteiger partial charge in [0, 0.05) is 18.7 Å². The highest BCUT2D eigenvalue weighted by atomic mass is 16.6. The molecular weight excluding hydrogens is 316 g/mol. The minimum atomic E-state index is -1.23. The summed E-state index contributed by atoms with van der Waals surface area (Å²) in [5, 5.41) is 32.1. The van der Waals surface area contributed by atoms with Gasteiger partial charge in [0.25, 0.3) is 11.6 Å². The van der Waals surface area contributed by atoms with E-state index < -0.39 is 22.9 Å². The lowest BCUT2D eigenvalue weighted by molar-refractivity contribution is -0.384. The molecule has 0 saturated carbocycles. The third-order valence-corrected chi connectivity index (χ3v) is 3.35. The molecular formula is C16H14N2O6. The molecule has 24 heavy (non-hydrogen) atoms. The number of benzene rings is 2. The number of carboxylic acid groups (broad SMARTS) is 1. The summed E-state index contributed by atoms with van der Waals surface area (Å²) in [5.74, 6) is -1.86. The zero-order valence-corrected chi connectivity index (χ0v) is 12.4. The second-order valence-corrected chi connectivity index (χ2v) is 4.93. The summed E-state index contributed by atoms with van der Waals surface area (Å²) in [6.45, 7) is -0.162. The van der Waals surface area contributed by atoms with Crippen molar-refractivity contribution in [2.24, 2.45) is 0 Å². The Morgan fingerprint density at radius 1 is 1.08 bits per heavy atom. The molecule has 0 aromatic heterocycles. The molecule has 0 aliphatic carbocycles. The van der Waals surface area contributed by atoms with E-state index in [1.807, 2.05) is 0 Å². The van der Waals surface area contributed by atoms with Crippen LogP contribution < -0.4 is 5.32 Å². The fourth-order valence-corrected chi connectivity index (χ4v) is 2.09. The van der Waals surface area contributed by atoms with Crippen LogP contribution in [0.5, 0.6) is 0 Å². The molecule has 1 unspecified atom stereocenters. The van der Waals surface area contributed by atoms with E-state index in [1.165, 1.54) is 48.5 Å². The van der Waals surface area contributed by atoms with Gasteiger partial charge >= 0.3 is 5.97 Å². The number of nitro groups is 1. The summed E-state index contributed by atoms with van der Waals surface area (Å²) in [4.78, 5) is 33.2. The lowest BCUT2D eigenvalue weighted by Crippen LogP contribution is -2.29. The number of hydrogen-bond acceptors (Lipinski definition) is 5. The van der Waals surface area contributed by atoms with E-state index in [-0.39, 0.29) is 23.4 Å². The van der Waals surface area contributed by atoms with Gasteiger partial charge in [0.05, 0.1) is 22.2 Å². The maximum Gasteiger partial charge on any atom is 0.336 e. The van der Waals surface area contributed by atoms with Crippen LogP contribution in [0.25, 0.3) is 0 Å². The van der Waals surface area contributed by atoms with Gasteiger partial charge in [-0.2, -0.15) is 0 Å². The minimum absolute atomic E-state index is 0.0131. The van der Waals surface area contributed by atoms with Crippen LogP contribution in [0.2, 0.25) is 0 Å². The lowest BCUT2D eigenvalue weighted by atomic mass is 10.1. The van der Waals surface area contributed by atoms with Gasteiger partial charge in [-0.05, 0) is 29.8 Å². The molecule has 0 spiro atoms. The highest BCUT2D eigenvalue weighted by molar-refractivity contribution is 6.04. The van der Waals surface area contributed by atoms with Crippen molar-refractivity contribution >= 4 is 17.6 Å². The standard InChI is InChI=1S/C16H14N2O6/c19-14(10-5-7-11(8-6-10)18(23)24)9-17-15(20)12-3-1-2-4-13(12)16(21)22/h1-8,14,19H,9H2,(H,17,20)(H,21,22). The van der Waals surface area contributed by atoms with Crippen LogP contribution >= 0.6 is 0 Å². The predicted octanol–water partition coefficient (Wildman–Crippen LogP) is 1.76. The number of aliphatic hydroxyl groups is 1. The fourth-order valence-electron chi connectivity index (χ4n) is 2.09. The third-order valence-electron chi connectivity index (χ3n) is 3.35. The monoisotopic (exact) mass is 330 g/mol. The summed E-state index contributed by atoms with van der Waals surface area (Å²) in [6.07, 6.45) is -1.08. The van der Waals surface area contributed by atoms with Gasteiger partial charge < -0.3 is 15.5 Å². The first-order chi connectivity index (χ1) is 11.4. The summed E-state index contributed by atoms with van der Waals surface area (Å²) in [7, 11) is 0. The van der Waals surface area contributed by atoms with Crippen LogP contribution in [0.15, 0.2) is 48.5 Å². The predicted molar refractivity (Wildman–Crippen MR) is 83.8 cm³/mol. The Labute approximate surface area is 136 Å². The van der Waals surface area contributed by atoms with Gasteiger partial charge in [0.15, 0.2) is 0 Å². The first kappa shape index (κ1) is 17.1. The van der Waals surface area contributed by atoms with Gasteiger partial charge in [0.2, 0.25) is 0 Å². The molecule has 0 radical (unpaired) electrons. The van der Waals surface area contributed by atoms with Crippen LogP contribution in [0, 0.1) is 10.1 Å². The quantitative estimate of drug-likeness (QED) is 0.546. The molecule has 2 aromatic rings. The number of amides is 1. The Morgan fingerprint density at radius 3 is 2.21 bits per heavy atom. The van der Waals surface area contributed by atoms with Crippen LogP contribution in [-0.2, 0) is 0 Å². The minimum Gasteiger partial charge on any atom is -0.478 e. The Morgan fingerprint density at radius 2 is 1.67 bits per heavy atom. The van der Waals surface area contributed by atoms with E-state index in [0.717, 1.165) is 0 Å². The highest BCUT2D eigenvalue weighted by Crippen LogP contribution is 2.17.